The van der Waals surface area contributed by atoms with Gasteiger partial charge in [-0.2, -0.15) is 5.10 Å². The van der Waals surface area contributed by atoms with Crippen LogP contribution in [0, 0.1) is 11.7 Å². The van der Waals surface area contributed by atoms with Gasteiger partial charge in [-0.25, -0.2) is 14.1 Å². The van der Waals surface area contributed by atoms with Crippen molar-refractivity contribution in [2.75, 3.05) is 0 Å². The first-order chi connectivity index (χ1) is 9.97. The van der Waals surface area contributed by atoms with Gasteiger partial charge in [0.05, 0.1) is 0 Å². The van der Waals surface area contributed by atoms with E-state index in [0.29, 0.717) is 17.5 Å². The number of rotatable bonds is 6. The van der Waals surface area contributed by atoms with E-state index in [9.17, 15) is 4.39 Å². The van der Waals surface area contributed by atoms with Gasteiger partial charge >= 0.3 is 0 Å². The molecule has 0 bridgehead atoms. The fourth-order valence-corrected chi connectivity index (χ4v) is 2.00. The Kier molecular flexibility index (Phi) is 4.85. The smallest absolute Gasteiger partial charge is 0.164 e. The number of aromatic nitrogens is 3. The zero-order chi connectivity index (χ0) is 15.4. The summed E-state index contributed by atoms with van der Waals surface area (Å²) in [5.41, 5.74) is 5.62. The predicted molar refractivity (Wildman–Crippen MR) is 81.5 cm³/mol. The highest BCUT2D eigenvalue weighted by Crippen LogP contribution is 2.17. The summed E-state index contributed by atoms with van der Waals surface area (Å²) in [4.78, 5) is 4.17. The molecule has 0 amide bonds. The van der Waals surface area contributed by atoms with Crippen molar-refractivity contribution in [3.05, 3.63) is 41.7 Å². The molecule has 112 valence electrons. The van der Waals surface area contributed by atoms with E-state index < -0.39 is 5.82 Å². The summed E-state index contributed by atoms with van der Waals surface area (Å²) < 4.78 is 21.1. The third kappa shape index (κ3) is 3.98. The molecule has 2 aromatic rings. The standard InChI is InChI=1S/C14H17FN4OS/c1-9(2)6-19-13(17-8-18-19)7-20-10-3-4-11(14(16)21)12(15)5-10/h3-5,8-9H,6-7H2,1-2H3,(H2,16,21). The molecule has 0 spiro atoms. The maximum Gasteiger partial charge on any atom is 0.164 e. The van der Waals surface area contributed by atoms with Gasteiger partial charge in [0.15, 0.2) is 5.82 Å². The number of nitrogens with two attached hydrogens (primary N) is 1. The van der Waals surface area contributed by atoms with E-state index in [1.165, 1.54) is 18.5 Å². The summed E-state index contributed by atoms with van der Waals surface area (Å²) in [5, 5.41) is 4.14. The third-order valence-electron chi connectivity index (χ3n) is 2.81. The fourth-order valence-electron chi connectivity index (χ4n) is 1.83. The van der Waals surface area contributed by atoms with Gasteiger partial charge < -0.3 is 10.5 Å². The van der Waals surface area contributed by atoms with E-state index in [0.717, 1.165) is 6.54 Å². The lowest BCUT2D eigenvalue weighted by atomic mass is 10.2. The summed E-state index contributed by atoms with van der Waals surface area (Å²) in [6, 6.07) is 4.39. The first kappa shape index (κ1) is 15.4. The van der Waals surface area contributed by atoms with Crippen LogP contribution in [-0.2, 0) is 13.2 Å². The summed E-state index contributed by atoms with van der Waals surface area (Å²) in [5.74, 6) is 1.05. The molecule has 0 saturated carbocycles. The Morgan fingerprint density at radius 3 is 2.86 bits per heavy atom. The van der Waals surface area contributed by atoms with Gasteiger partial charge in [-0.15, -0.1) is 0 Å². The quantitative estimate of drug-likeness (QED) is 0.829. The number of ether oxygens (including phenoxy) is 1. The molecule has 0 aliphatic carbocycles. The molecule has 5 nitrogen and oxygen atoms in total. The van der Waals surface area contributed by atoms with Crippen LogP contribution in [0.5, 0.6) is 5.75 Å². The van der Waals surface area contributed by atoms with Crippen LogP contribution in [0.4, 0.5) is 4.39 Å². The van der Waals surface area contributed by atoms with Crippen molar-refractivity contribution in [2.24, 2.45) is 11.7 Å². The predicted octanol–water partition coefficient (Wildman–Crippen LogP) is 2.29. The highest BCUT2D eigenvalue weighted by Gasteiger charge is 2.09. The number of hydrogen-bond donors (Lipinski definition) is 1. The van der Waals surface area contributed by atoms with Gasteiger partial charge in [-0.05, 0) is 18.1 Å². The van der Waals surface area contributed by atoms with E-state index in [1.54, 1.807) is 10.7 Å². The van der Waals surface area contributed by atoms with Gasteiger partial charge in [-0.1, -0.05) is 26.1 Å². The molecule has 0 saturated heterocycles. The molecule has 0 aliphatic rings. The SMILES string of the molecule is CC(C)Cn1ncnc1COc1ccc(C(N)=S)c(F)c1. The number of halogens is 1. The van der Waals surface area contributed by atoms with Crippen LogP contribution in [0.25, 0.3) is 0 Å². The van der Waals surface area contributed by atoms with E-state index in [-0.39, 0.29) is 17.2 Å². The zero-order valence-electron chi connectivity index (χ0n) is 11.9. The maximum atomic E-state index is 13.7. The molecule has 0 aliphatic heterocycles. The molecule has 1 heterocycles. The zero-order valence-corrected chi connectivity index (χ0v) is 12.7. The first-order valence-corrected chi connectivity index (χ1v) is 6.97. The Hall–Kier alpha value is -2.02. The van der Waals surface area contributed by atoms with Crippen LogP contribution in [0.3, 0.4) is 0 Å². The molecule has 0 fully saturated rings. The molecule has 7 heteroatoms. The lowest BCUT2D eigenvalue weighted by Crippen LogP contribution is -2.13. The minimum Gasteiger partial charge on any atom is -0.486 e. The van der Waals surface area contributed by atoms with Gasteiger partial charge in [-0.3, -0.25) is 0 Å². The summed E-state index contributed by atoms with van der Waals surface area (Å²) >= 11 is 4.75. The fraction of sp³-hybridized carbons (Fsp3) is 0.357. The highest BCUT2D eigenvalue weighted by molar-refractivity contribution is 7.80. The lowest BCUT2D eigenvalue weighted by molar-refractivity contribution is 0.281. The van der Waals surface area contributed by atoms with Crippen LogP contribution in [-0.4, -0.2) is 19.8 Å². The topological polar surface area (TPSA) is 66.0 Å². The largest absolute Gasteiger partial charge is 0.486 e. The van der Waals surface area contributed by atoms with Crippen LogP contribution in [0.2, 0.25) is 0 Å². The average Bonchev–Trinajstić information content (AvgIpc) is 2.82. The Morgan fingerprint density at radius 2 is 2.24 bits per heavy atom. The normalized spacial score (nSPS) is 10.9. The van der Waals surface area contributed by atoms with Gasteiger partial charge in [0.1, 0.15) is 29.5 Å². The van der Waals surface area contributed by atoms with Gasteiger partial charge in [0, 0.05) is 18.2 Å². The maximum absolute atomic E-state index is 13.7. The minimum absolute atomic E-state index is 0.0238. The Balaban J connectivity index is 2.05. The molecular formula is C14H17FN4OS. The van der Waals surface area contributed by atoms with Crippen molar-refractivity contribution in [1.82, 2.24) is 14.8 Å². The van der Waals surface area contributed by atoms with Crippen molar-refractivity contribution in [1.29, 1.82) is 0 Å². The van der Waals surface area contributed by atoms with Crippen LogP contribution in [0.15, 0.2) is 24.5 Å². The van der Waals surface area contributed by atoms with Crippen molar-refractivity contribution < 1.29 is 9.13 Å². The number of benzene rings is 1. The van der Waals surface area contributed by atoms with E-state index >= 15 is 0 Å². The van der Waals surface area contributed by atoms with Crippen molar-refractivity contribution in [3.63, 3.8) is 0 Å². The van der Waals surface area contributed by atoms with E-state index in [1.807, 2.05) is 0 Å². The van der Waals surface area contributed by atoms with E-state index in [4.69, 9.17) is 22.7 Å². The summed E-state index contributed by atoms with van der Waals surface area (Å²) in [6.45, 7) is 5.16. The molecule has 0 atom stereocenters. The minimum atomic E-state index is -0.497. The third-order valence-corrected chi connectivity index (χ3v) is 3.03. The van der Waals surface area contributed by atoms with Crippen LogP contribution in [0.1, 0.15) is 25.2 Å². The summed E-state index contributed by atoms with van der Waals surface area (Å²) in [6.07, 6.45) is 1.48. The highest BCUT2D eigenvalue weighted by atomic mass is 32.1. The molecule has 1 aromatic carbocycles. The second-order valence-electron chi connectivity index (χ2n) is 5.05. The van der Waals surface area contributed by atoms with E-state index in [2.05, 4.69) is 23.9 Å². The van der Waals surface area contributed by atoms with Crippen molar-refractivity contribution in [3.8, 4) is 5.75 Å². The second-order valence-corrected chi connectivity index (χ2v) is 5.49. The first-order valence-electron chi connectivity index (χ1n) is 6.56. The molecule has 2 rings (SSSR count). The Labute approximate surface area is 127 Å². The Morgan fingerprint density at radius 1 is 1.48 bits per heavy atom. The van der Waals surface area contributed by atoms with Gasteiger partial charge in [0.25, 0.3) is 0 Å². The number of thiocarbonyl (C=S) groups is 1. The number of nitrogens with zero attached hydrogens (tertiary/aromatic N) is 3. The number of hydrogen-bond acceptors (Lipinski definition) is 4. The molecule has 21 heavy (non-hydrogen) atoms. The Bertz CT molecular complexity index is 642. The summed E-state index contributed by atoms with van der Waals surface area (Å²) in [7, 11) is 0. The van der Waals surface area contributed by atoms with Crippen LogP contribution < -0.4 is 10.5 Å². The molecular weight excluding hydrogens is 291 g/mol. The lowest BCUT2D eigenvalue weighted by Gasteiger charge is -2.10. The van der Waals surface area contributed by atoms with Crippen molar-refractivity contribution in [2.45, 2.75) is 27.0 Å². The molecule has 2 N–H and O–H groups in total. The molecule has 0 unspecified atom stereocenters. The van der Waals surface area contributed by atoms with Crippen LogP contribution >= 0.6 is 12.2 Å². The van der Waals surface area contributed by atoms with Gasteiger partial charge in [0.2, 0.25) is 0 Å². The monoisotopic (exact) mass is 308 g/mol. The molecule has 0 radical (unpaired) electrons. The molecule has 1 aromatic heterocycles. The van der Waals surface area contributed by atoms with Crippen molar-refractivity contribution >= 4 is 17.2 Å². The average molecular weight is 308 g/mol. The second kappa shape index (κ2) is 6.62.